The summed E-state index contributed by atoms with van der Waals surface area (Å²) in [5, 5.41) is 4.30. The number of fused-ring (bicyclic) bond motifs is 1. The first-order valence-electron chi connectivity index (χ1n) is 9.87. The summed E-state index contributed by atoms with van der Waals surface area (Å²) in [5.41, 5.74) is 5.07. The molecule has 0 aliphatic carbocycles. The number of aryl methyl sites for hydroxylation is 1. The van der Waals surface area contributed by atoms with Gasteiger partial charge >= 0.3 is 0 Å². The van der Waals surface area contributed by atoms with Gasteiger partial charge in [0.05, 0.1) is 11.3 Å². The Balaban J connectivity index is 2.10. The van der Waals surface area contributed by atoms with Crippen LogP contribution in [0.4, 0.5) is 11.4 Å². The summed E-state index contributed by atoms with van der Waals surface area (Å²) in [6.07, 6.45) is 1.64. The number of carbonyl (C=O) groups excluding carboxylic acids is 1. The molecule has 0 fully saturated rings. The molecule has 0 aliphatic heterocycles. The lowest BCUT2D eigenvalue weighted by Gasteiger charge is -2.21. The van der Waals surface area contributed by atoms with E-state index in [4.69, 9.17) is 0 Å². The number of nitrogens with zero attached hydrogens (tertiary/aromatic N) is 3. The van der Waals surface area contributed by atoms with Gasteiger partial charge in [0.1, 0.15) is 0 Å². The third-order valence-electron chi connectivity index (χ3n) is 5.00. The topological polar surface area (TPSA) is 58.1 Å². The first-order valence-corrected chi connectivity index (χ1v) is 9.87. The van der Waals surface area contributed by atoms with Gasteiger partial charge < -0.3 is 10.2 Å². The molecule has 0 bridgehead atoms. The van der Waals surface area contributed by atoms with Crippen molar-refractivity contribution in [3.05, 3.63) is 59.4 Å². The van der Waals surface area contributed by atoms with Crippen LogP contribution in [0.15, 0.2) is 42.6 Å². The molecule has 0 unspecified atom stereocenters. The van der Waals surface area contributed by atoms with E-state index in [1.165, 1.54) is 5.56 Å². The van der Waals surface area contributed by atoms with Crippen molar-refractivity contribution < 1.29 is 4.79 Å². The minimum atomic E-state index is -0.0266. The van der Waals surface area contributed by atoms with Gasteiger partial charge in [0.2, 0.25) is 0 Å². The molecule has 5 heteroatoms. The second kappa shape index (κ2) is 8.38. The number of benzene rings is 1. The molecular formula is C23H28N4O. The van der Waals surface area contributed by atoms with Gasteiger partial charge in [-0.3, -0.25) is 4.79 Å². The number of pyridine rings is 2. The summed E-state index contributed by atoms with van der Waals surface area (Å²) < 4.78 is 0. The average Bonchev–Trinajstić information content (AvgIpc) is 2.69. The molecule has 1 amide bonds. The molecule has 0 atom stereocenters. The second-order valence-corrected chi connectivity index (χ2v) is 7.25. The van der Waals surface area contributed by atoms with Gasteiger partial charge in [-0.1, -0.05) is 26.0 Å². The predicted molar refractivity (Wildman–Crippen MR) is 115 cm³/mol. The van der Waals surface area contributed by atoms with Crippen molar-refractivity contribution >= 4 is 28.3 Å². The van der Waals surface area contributed by atoms with Gasteiger partial charge in [-0.25, -0.2) is 9.97 Å². The van der Waals surface area contributed by atoms with E-state index < -0.39 is 0 Å². The van der Waals surface area contributed by atoms with Gasteiger partial charge in [0.15, 0.2) is 5.65 Å². The van der Waals surface area contributed by atoms with Crippen molar-refractivity contribution in [2.45, 2.75) is 40.5 Å². The summed E-state index contributed by atoms with van der Waals surface area (Å²) in [6, 6.07) is 12.3. The van der Waals surface area contributed by atoms with Crippen molar-refractivity contribution in [1.82, 2.24) is 14.9 Å². The molecule has 1 N–H and O–H groups in total. The first kappa shape index (κ1) is 19.8. The highest BCUT2D eigenvalue weighted by molar-refractivity contribution is 6.07. The molecule has 3 aromatic rings. The van der Waals surface area contributed by atoms with Crippen molar-refractivity contribution in [2.24, 2.45) is 0 Å². The fourth-order valence-electron chi connectivity index (χ4n) is 3.25. The monoisotopic (exact) mass is 376 g/mol. The Morgan fingerprint density at radius 1 is 1.07 bits per heavy atom. The first-order chi connectivity index (χ1) is 13.4. The van der Waals surface area contributed by atoms with Crippen LogP contribution in [0.5, 0.6) is 0 Å². The van der Waals surface area contributed by atoms with E-state index in [-0.39, 0.29) is 5.91 Å². The number of amides is 1. The molecule has 3 rings (SSSR count). The maximum atomic E-state index is 13.1. The highest BCUT2D eigenvalue weighted by Crippen LogP contribution is 2.30. The molecule has 2 heterocycles. The van der Waals surface area contributed by atoms with Gasteiger partial charge in [0, 0.05) is 36.1 Å². The van der Waals surface area contributed by atoms with Crippen LogP contribution in [0.25, 0.3) is 11.0 Å². The van der Waals surface area contributed by atoms with Gasteiger partial charge in [-0.2, -0.15) is 0 Å². The number of hydrogen-bond acceptors (Lipinski definition) is 4. The predicted octanol–water partition coefficient (Wildman–Crippen LogP) is 5.29. The van der Waals surface area contributed by atoms with Crippen LogP contribution < -0.4 is 5.32 Å². The Morgan fingerprint density at radius 3 is 2.36 bits per heavy atom. The molecule has 1 aromatic carbocycles. The molecule has 0 saturated carbocycles. The fraction of sp³-hybridized carbons (Fsp3) is 0.348. The largest absolute Gasteiger partial charge is 0.354 e. The van der Waals surface area contributed by atoms with Crippen LogP contribution in [0.2, 0.25) is 0 Å². The molecule has 0 aliphatic rings. The van der Waals surface area contributed by atoms with E-state index >= 15 is 0 Å². The summed E-state index contributed by atoms with van der Waals surface area (Å²) in [4.78, 5) is 23.9. The van der Waals surface area contributed by atoms with Crippen molar-refractivity contribution in [3.63, 3.8) is 0 Å². The Bertz CT molecular complexity index is 976. The number of carbonyl (C=O) groups is 1. The minimum absolute atomic E-state index is 0.0266. The van der Waals surface area contributed by atoms with Crippen molar-refractivity contribution in [1.29, 1.82) is 0 Å². The standard InChI is InChI=1S/C23H28N4O/c1-6-27(7-2)23(28)20-14-24-22-19(13-8-16(5)25-22)21(20)26-18-11-9-17(10-12-18)15(3)4/h8-15H,6-7H2,1-5H3,(H,24,25,26). The Morgan fingerprint density at radius 2 is 1.75 bits per heavy atom. The van der Waals surface area contributed by atoms with Crippen LogP contribution in [0, 0.1) is 6.92 Å². The van der Waals surface area contributed by atoms with E-state index in [0.717, 1.165) is 22.5 Å². The normalized spacial score (nSPS) is 11.1. The van der Waals surface area contributed by atoms with E-state index in [9.17, 15) is 4.79 Å². The number of rotatable bonds is 6. The molecule has 28 heavy (non-hydrogen) atoms. The zero-order valence-corrected chi connectivity index (χ0v) is 17.3. The SMILES string of the molecule is CCN(CC)C(=O)c1cnc2nc(C)ccc2c1Nc1ccc(C(C)C)cc1. The van der Waals surface area contributed by atoms with Gasteiger partial charge in [-0.05, 0) is 56.5 Å². The summed E-state index contributed by atoms with van der Waals surface area (Å²) in [5.74, 6) is 0.448. The maximum absolute atomic E-state index is 13.1. The van der Waals surface area contributed by atoms with E-state index in [1.807, 2.05) is 32.9 Å². The molecule has 5 nitrogen and oxygen atoms in total. The third-order valence-corrected chi connectivity index (χ3v) is 5.00. The number of aromatic nitrogens is 2. The lowest BCUT2D eigenvalue weighted by atomic mass is 10.0. The van der Waals surface area contributed by atoms with E-state index in [2.05, 4.69) is 53.4 Å². The quantitative estimate of drug-likeness (QED) is 0.635. The summed E-state index contributed by atoms with van der Waals surface area (Å²) in [7, 11) is 0. The van der Waals surface area contributed by atoms with Crippen LogP contribution in [0.3, 0.4) is 0 Å². The third kappa shape index (κ3) is 3.98. The fourth-order valence-corrected chi connectivity index (χ4v) is 3.25. The van der Waals surface area contributed by atoms with Crippen molar-refractivity contribution in [3.8, 4) is 0 Å². The highest BCUT2D eigenvalue weighted by Gasteiger charge is 2.20. The van der Waals surface area contributed by atoms with Crippen LogP contribution >= 0.6 is 0 Å². The number of nitrogens with one attached hydrogen (secondary N) is 1. The molecule has 0 radical (unpaired) electrons. The maximum Gasteiger partial charge on any atom is 0.257 e. The molecule has 0 saturated heterocycles. The Labute approximate surface area is 166 Å². The molecule has 146 valence electrons. The minimum Gasteiger partial charge on any atom is -0.354 e. The second-order valence-electron chi connectivity index (χ2n) is 7.25. The van der Waals surface area contributed by atoms with Crippen molar-refractivity contribution in [2.75, 3.05) is 18.4 Å². The summed E-state index contributed by atoms with van der Waals surface area (Å²) >= 11 is 0. The van der Waals surface area contributed by atoms with Gasteiger partial charge in [-0.15, -0.1) is 0 Å². The summed E-state index contributed by atoms with van der Waals surface area (Å²) in [6.45, 7) is 11.6. The Kier molecular flexibility index (Phi) is 5.93. The highest BCUT2D eigenvalue weighted by atomic mass is 16.2. The van der Waals surface area contributed by atoms with Crippen LogP contribution in [-0.2, 0) is 0 Å². The number of hydrogen-bond donors (Lipinski definition) is 1. The zero-order valence-electron chi connectivity index (χ0n) is 17.3. The number of anilines is 2. The smallest absolute Gasteiger partial charge is 0.257 e. The lowest BCUT2D eigenvalue weighted by Crippen LogP contribution is -2.31. The van der Waals surface area contributed by atoms with Gasteiger partial charge in [0.25, 0.3) is 5.91 Å². The van der Waals surface area contributed by atoms with Crippen LogP contribution in [-0.4, -0.2) is 33.9 Å². The van der Waals surface area contributed by atoms with Crippen LogP contribution in [0.1, 0.15) is 55.2 Å². The Hall–Kier alpha value is -2.95. The van der Waals surface area contributed by atoms with E-state index in [0.29, 0.717) is 30.2 Å². The van der Waals surface area contributed by atoms with E-state index in [1.54, 1.807) is 11.1 Å². The lowest BCUT2D eigenvalue weighted by molar-refractivity contribution is 0.0774. The zero-order chi connectivity index (χ0) is 20.3. The molecule has 2 aromatic heterocycles. The molecular weight excluding hydrogens is 348 g/mol. The molecule has 0 spiro atoms. The average molecular weight is 377 g/mol.